The molecule has 0 aromatic rings. The maximum Gasteiger partial charge on any atom is 0.0209 e. The van der Waals surface area contributed by atoms with Gasteiger partial charge in [-0.3, -0.25) is 4.90 Å². The molecule has 3 heteroatoms. The quantitative estimate of drug-likeness (QED) is 0.427. The van der Waals surface area contributed by atoms with Gasteiger partial charge in [0.25, 0.3) is 0 Å². The Kier molecular flexibility index (Phi) is 5.96. The van der Waals surface area contributed by atoms with Gasteiger partial charge in [-0.25, -0.2) is 3.11 Å². The molecule has 0 radical (unpaired) electrons. The summed E-state index contributed by atoms with van der Waals surface area (Å²) in [6.45, 7) is 9.77. The monoisotopic (exact) mass is 362 g/mol. The molecule has 1 unspecified atom stereocenters. The molecule has 2 atom stereocenters. The number of rotatable bonds is 3. The van der Waals surface area contributed by atoms with E-state index in [2.05, 4.69) is 50.8 Å². The third kappa shape index (κ3) is 3.94. The van der Waals surface area contributed by atoms with Crippen molar-refractivity contribution in [3.63, 3.8) is 0 Å². The molecule has 1 saturated heterocycles. The molecular weight excluding hydrogens is 335 g/mol. The van der Waals surface area contributed by atoms with Crippen LogP contribution in [0.5, 0.6) is 0 Å². The van der Waals surface area contributed by atoms with Crippen molar-refractivity contribution >= 4 is 22.9 Å². The predicted molar refractivity (Wildman–Crippen MR) is 87.0 cm³/mol. The van der Waals surface area contributed by atoms with E-state index >= 15 is 0 Å². The Morgan fingerprint density at radius 3 is 2.67 bits per heavy atom. The normalized spacial score (nSPS) is 32.1. The molecule has 18 heavy (non-hydrogen) atoms. The molecule has 1 heterocycles. The van der Waals surface area contributed by atoms with Crippen LogP contribution in [0.2, 0.25) is 0 Å². The van der Waals surface area contributed by atoms with Gasteiger partial charge in [-0.05, 0) is 31.6 Å². The second-order valence-corrected chi connectivity index (χ2v) is 7.25. The first kappa shape index (κ1) is 14.8. The Hall–Kier alpha value is 0.390. The van der Waals surface area contributed by atoms with Crippen molar-refractivity contribution in [2.75, 3.05) is 26.2 Å². The van der Waals surface area contributed by atoms with Gasteiger partial charge in [0.15, 0.2) is 0 Å². The van der Waals surface area contributed by atoms with E-state index in [-0.39, 0.29) is 0 Å². The van der Waals surface area contributed by atoms with Gasteiger partial charge < -0.3 is 0 Å². The average Bonchev–Trinajstić information content (AvgIpc) is 2.53. The lowest BCUT2D eigenvalue weighted by atomic mass is 9.91. The van der Waals surface area contributed by atoms with Crippen LogP contribution in [0.15, 0.2) is 11.6 Å². The number of hydrogen-bond acceptors (Lipinski definition) is 2. The minimum atomic E-state index is 0.820. The summed E-state index contributed by atoms with van der Waals surface area (Å²) in [5, 5.41) is 0. The molecule has 104 valence electrons. The maximum absolute atomic E-state index is 2.75. The number of allylic oxidation sites excluding steroid dienone is 2. The van der Waals surface area contributed by atoms with Crippen molar-refractivity contribution in [3.8, 4) is 0 Å². The van der Waals surface area contributed by atoms with E-state index in [4.69, 9.17) is 0 Å². The first-order chi connectivity index (χ1) is 8.70. The van der Waals surface area contributed by atoms with Gasteiger partial charge >= 0.3 is 0 Å². The molecular formula is C15H27IN2. The number of nitrogens with zero attached hydrogens (tertiary/aromatic N) is 2. The van der Waals surface area contributed by atoms with Crippen molar-refractivity contribution in [1.82, 2.24) is 8.01 Å². The molecule has 0 amide bonds. The third-order valence-corrected chi connectivity index (χ3v) is 5.40. The lowest BCUT2D eigenvalue weighted by Gasteiger charge is -2.39. The van der Waals surface area contributed by atoms with Gasteiger partial charge in [-0.1, -0.05) is 31.9 Å². The predicted octanol–water partition coefficient (Wildman–Crippen LogP) is 3.87. The average molecular weight is 362 g/mol. The Morgan fingerprint density at radius 2 is 2.00 bits per heavy atom. The van der Waals surface area contributed by atoms with Gasteiger partial charge in [-0.15, -0.1) is 0 Å². The van der Waals surface area contributed by atoms with E-state index in [9.17, 15) is 0 Å². The zero-order valence-corrected chi connectivity index (χ0v) is 14.0. The number of hydrogen-bond donors (Lipinski definition) is 0. The molecule has 2 aliphatic rings. The van der Waals surface area contributed by atoms with Crippen molar-refractivity contribution in [3.05, 3.63) is 11.6 Å². The Balaban J connectivity index is 1.91. The fourth-order valence-electron chi connectivity index (χ4n) is 3.47. The van der Waals surface area contributed by atoms with E-state index in [1.54, 1.807) is 5.57 Å². The topological polar surface area (TPSA) is 6.48 Å². The molecule has 0 saturated carbocycles. The summed E-state index contributed by atoms with van der Waals surface area (Å²) in [5.74, 6) is 0.839. The van der Waals surface area contributed by atoms with Crippen LogP contribution in [0.3, 0.4) is 0 Å². The van der Waals surface area contributed by atoms with E-state index in [1.807, 2.05) is 0 Å². The van der Waals surface area contributed by atoms with Crippen LogP contribution >= 0.6 is 22.9 Å². The van der Waals surface area contributed by atoms with Crippen LogP contribution in [0.1, 0.15) is 46.0 Å². The summed E-state index contributed by atoms with van der Waals surface area (Å²) < 4.78 is 2.43. The minimum absolute atomic E-state index is 0.820. The van der Waals surface area contributed by atoms with Crippen molar-refractivity contribution < 1.29 is 0 Å². The van der Waals surface area contributed by atoms with Gasteiger partial charge in [0.05, 0.1) is 0 Å². The fourth-order valence-corrected chi connectivity index (χ4v) is 3.90. The molecule has 1 fully saturated rings. The minimum Gasteiger partial charge on any atom is -0.297 e. The summed E-state index contributed by atoms with van der Waals surface area (Å²) in [5.41, 5.74) is 1.72. The molecule has 1 aliphatic heterocycles. The van der Waals surface area contributed by atoms with Crippen LogP contribution in [0, 0.1) is 5.92 Å². The maximum atomic E-state index is 2.75. The molecule has 0 aromatic carbocycles. The van der Waals surface area contributed by atoms with Crippen LogP contribution in [0.4, 0.5) is 0 Å². The lowest BCUT2D eigenvalue weighted by molar-refractivity contribution is 0.107. The zero-order valence-electron chi connectivity index (χ0n) is 11.9. The van der Waals surface area contributed by atoms with E-state index in [0.717, 1.165) is 12.0 Å². The number of halogens is 1. The second-order valence-electron chi connectivity index (χ2n) is 5.88. The third-order valence-electron chi connectivity index (χ3n) is 4.44. The van der Waals surface area contributed by atoms with Crippen LogP contribution in [-0.4, -0.2) is 40.2 Å². The summed E-state index contributed by atoms with van der Waals surface area (Å²) in [7, 11) is 0. The Labute approximate surface area is 126 Å². The van der Waals surface area contributed by atoms with Crippen molar-refractivity contribution in [2.24, 2.45) is 5.92 Å². The molecule has 0 bridgehead atoms. The molecule has 0 aromatic heterocycles. The molecule has 2 rings (SSSR count). The highest BCUT2D eigenvalue weighted by molar-refractivity contribution is 14.1. The summed E-state index contributed by atoms with van der Waals surface area (Å²) in [6, 6.07) is 0.820. The van der Waals surface area contributed by atoms with E-state index in [1.165, 1.54) is 58.3 Å². The summed E-state index contributed by atoms with van der Waals surface area (Å²) in [4.78, 5) is 2.75. The van der Waals surface area contributed by atoms with Crippen LogP contribution in [-0.2, 0) is 0 Å². The smallest absolute Gasteiger partial charge is 0.0209 e. The highest BCUT2D eigenvalue weighted by Crippen LogP contribution is 2.30. The molecule has 0 N–H and O–H groups in total. The largest absolute Gasteiger partial charge is 0.297 e. The first-order valence-electron chi connectivity index (χ1n) is 7.53. The van der Waals surface area contributed by atoms with Crippen LogP contribution < -0.4 is 0 Å². The van der Waals surface area contributed by atoms with E-state index in [0.29, 0.717) is 0 Å². The highest BCUT2D eigenvalue weighted by Gasteiger charge is 2.28. The van der Waals surface area contributed by atoms with Crippen molar-refractivity contribution in [1.29, 1.82) is 0 Å². The SMILES string of the molecule is CCCC1=CCCC(N2CCN(I)CC2)[C@@H](C)C1. The summed E-state index contributed by atoms with van der Waals surface area (Å²) in [6.07, 6.45) is 9.16. The van der Waals surface area contributed by atoms with Crippen LogP contribution in [0.25, 0.3) is 0 Å². The summed E-state index contributed by atoms with van der Waals surface area (Å²) >= 11 is 2.46. The Morgan fingerprint density at radius 1 is 1.28 bits per heavy atom. The fraction of sp³-hybridized carbons (Fsp3) is 0.867. The Bertz CT molecular complexity index is 282. The molecule has 0 spiro atoms. The lowest BCUT2D eigenvalue weighted by Crippen LogP contribution is -2.49. The number of piperazine rings is 1. The highest BCUT2D eigenvalue weighted by atomic mass is 127. The van der Waals surface area contributed by atoms with Gasteiger partial charge in [0.2, 0.25) is 0 Å². The van der Waals surface area contributed by atoms with E-state index < -0.39 is 0 Å². The standard InChI is InChI=1S/C15H27IN2/c1-3-5-14-6-4-7-15(13(2)12-14)17-8-10-18(16)11-9-17/h6,13,15H,3-5,7-12H2,1-2H3/t13-,15?/m0/s1. The first-order valence-corrected chi connectivity index (χ1v) is 8.50. The van der Waals surface area contributed by atoms with Gasteiger partial charge in [0, 0.05) is 55.1 Å². The zero-order chi connectivity index (χ0) is 13.0. The van der Waals surface area contributed by atoms with Gasteiger partial charge in [0.1, 0.15) is 0 Å². The van der Waals surface area contributed by atoms with Gasteiger partial charge in [-0.2, -0.15) is 0 Å². The molecule has 2 nitrogen and oxygen atoms in total. The molecule has 1 aliphatic carbocycles. The van der Waals surface area contributed by atoms with Crippen molar-refractivity contribution in [2.45, 2.75) is 52.0 Å². The second kappa shape index (κ2) is 7.25.